The van der Waals surface area contributed by atoms with Crippen LogP contribution in [0.3, 0.4) is 0 Å². The smallest absolute Gasteiger partial charge is 0.120 e. The summed E-state index contributed by atoms with van der Waals surface area (Å²) >= 11 is 0. The molecule has 1 aromatic heterocycles. The molecule has 0 amide bonds. The zero-order chi connectivity index (χ0) is 17.6. The van der Waals surface area contributed by atoms with Crippen molar-refractivity contribution in [2.24, 2.45) is 0 Å². The van der Waals surface area contributed by atoms with Crippen LogP contribution in [-0.4, -0.2) is 24.7 Å². The van der Waals surface area contributed by atoms with Gasteiger partial charge in [-0.1, -0.05) is 44.2 Å². The van der Waals surface area contributed by atoms with Crippen LogP contribution in [0.25, 0.3) is 10.9 Å². The standard InChI is InChI=1S/C21H26N2O2/c1-15(2)23-21(14-24-3)19-12-22-20-10-9-17(11-18(19)20)25-13-16-7-5-4-6-8-16/h4-12,15,21-23H,13-14H2,1-3H3. The summed E-state index contributed by atoms with van der Waals surface area (Å²) in [4.78, 5) is 3.35. The number of hydrogen-bond donors (Lipinski definition) is 2. The molecule has 0 fully saturated rings. The number of aromatic amines is 1. The Bertz CT molecular complexity index is 796. The van der Waals surface area contributed by atoms with Gasteiger partial charge in [-0.05, 0) is 29.3 Å². The SMILES string of the molecule is COCC(NC(C)C)c1c[nH]c2ccc(OCc3ccccc3)cc12. The molecular weight excluding hydrogens is 312 g/mol. The number of hydrogen-bond acceptors (Lipinski definition) is 3. The lowest BCUT2D eigenvalue weighted by molar-refractivity contribution is 0.163. The third kappa shape index (κ3) is 4.41. The number of methoxy groups -OCH3 is 1. The van der Waals surface area contributed by atoms with Gasteiger partial charge in [-0.2, -0.15) is 0 Å². The van der Waals surface area contributed by atoms with Gasteiger partial charge in [-0.15, -0.1) is 0 Å². The van der Waals surface area contributed by atoms with Gasteiger partial charge in [-0.3, -0.25) is 0 Å². The third-order valence-corrected chi connectivity index (χ3v) is 4.18. The van der Waals surface area contributed by atoms with E-state index in [1.807, 2.05) is 24.3 Å². The number of ether oxygens (including phenoxy) is 2. The van der Waals surface area contributed by atoms with Crippen molar-refractivity contribution in [3.63, 3.8) is 0 Å². The summed E-state index contributed by atoms with van der Waals surface area (Å²) in [7, 11) is 1.73. The number of nitrogens with one attached hydrogen (secondary N) is 2. The molecule has 1 unspecified atom stereocenters. The van der Waals surface area contributed by atoms with Gasteiger partial charge in [0.25, 0.3) is 0 Å². The highest BCUT2D eigenvalue weighted by Crippen LogP contribution is 2.28. The summed E-state index contributed by atoms with van der Waals surface area (Å²) < 4.78 is 11.4. The lowest BCUT2D eigenvalue weighted by Gasteiger charge is -2.20. The lowest BCUT2D eigenvalue weighted by atomic mass is 10.1. The fourth-order valence-electron chi connectivity index (χ4n) is 3.04. The highest BCUT2D eigenvalue weighted by atomic mass is 16.5. The molecule has 0 aliphatic rings. The summed E-state index contributed by atoms with van der Waals surface area (Å²) in [6.07, 6.45) is 2.06. The van der Waals surface area contributed by atoms with E-state index in [2.05, 4.69) is 54.6 Å². The summed E-state index contributed by atoms with van der Waals surface area (Å²) in [5, 5.41) is 4.73. The molecule has 3 aromatic rings. The van der Waals surface area contributed by atoms with Gasteiger partial charge in [0.2, 0.25) is 0 Å². The normalized spacial score (nSPS) is 12.6. The maximum Gasteiger partial charge on any atom is 0.120 e. The number of benzene rings is 2. The second kappa shape index (κ2) is 8.19. The Labute approximate surface area is 149 Å². The molecule has 1 atom stereocenters. The van der Waals surface area contributed by atoms with Crippen LogP contribution in [0.4, 0.5) is 0 Å². The van der Waals surface area contributed by atoms with E-state index in [1.54, 1.807) is 7.11 Å². The summed E-state index contributed by atoms with van der Waals surface area (Å²) in [6, 6.07) is 16.9. The molecule has 1 heterocycles. The van der Waals surface area contributed by atoms with Crippen molar-refractivity contribution in [3.8, 4) is 5.75 Å². The van der Waals surface area contributed by atoms with Gasteiger partial charge in [0.15, 0.2) is 0 Å². The Hall–Kier alpha value is -2.30. The minimum atomic E-state index is 0.142. The van der Waals surface area contributed by atoms with Crippen LogP contribution in [0, 0.1) is 0 Å². The fourth-order valence-corrected chi connectivity index (χ4v) is 3.04. The van der Waals surface area contributed by atoms with E-state index in [0.29, 0.717) is 19.3 Å². The first-order valence-electron chi connectivity index (χ1n) is 8.70. The van der Waals surface area contributed by atoms with Gasteiger partial charge in [0, 0.05) is 30.3 Å². The number of fused-ring (bicyclic) bond motifs is 1. The first-order chi connectivity index (χ1) is 12.2. The van der Waals surface area contributed by atoms with E-state index in [9.17, 15) is 0 Å². The highest BCUT2D eigenvalue weighted by molar-refractivity contribution is 5.85. The quantitative estimate of drug-likeness (QED) is 0.638. The number of aromatic nitrogens is 1. The van der Waals surface area contributed by atoms with Gasteiger partial charge in [0.1, 0.15) is 12.4 Å². The molecule has 0 aliphatic heterocycles. The zero-order valence-electron chi connectivity index (χ0n) is 15.1. The zero-order valence-corrected chi connectivity index (χ0v) is 15.1. The largest absolute Gasteiger partial charge is 0.489 e. The van der Waals surface area contributed by atoms with Gasteiger partial charge < -0.3 is 19.8 Å². The Morgan fingerprint density at radius 2 is 1.88 bits per heavy atom. The van der Waals surface area contributed by atoms with E-state index >= 15 is 0 Å². The van der Waals surface area contributed by atoms with Crippen LogP contribution < -0.4 is 10.1 Å². The molecule has 0 spiro atoms. The van der Waals surface area contributed by atoms with Crippen LogP contribution in [0.15, 0.2) is 54.7 Å². The van der Waals surface area contributed by atoms with Crippen LogP contribution in [0.2, 0.25) is 0 Å². The molecule has 2 N–H and O–H groups in total. The minimum Gasteiger partial charge on any atom is -0.489 e. The van der Waals surface area contributed by atoms with Crippen LogP contribution in [0.5, 0.6) is 5.75 Å². The minimum absolute atomic E-state index is 0.142. The molecule has 25 heavy (non-hydrogen) atoms. The third-order valence-electron chi connectivity index (χ3n) is 4.18. The average Bonchev–Trinajstić information content (AvgIpc) is 3.03. The molecule has 0 bridgehead atoms. The predicted octanol–water partition coefficient (Wildman–Crippen LogP) is 4.43. The van der Waals surface area contributed by atoms with Crippen LogP contribution >= 0.6 is 0 Å². The number of rotatable bonds is 8. The summed E-state index contributed by atoms with van der Waals surface area (Å²) in [5.74, 6) is 0.873. The molecule has 3 rings (SSSR count). The maximum absolute atomic E-state index is 5.98. The van der Waals surface area contributed by atoms with E-state index in [0.717, 1.165) is 16.8 Å². The molecular formula is C21H26N2O2. The first kappa shape index (κ1) is 17.5. The maximum atomic E-state index is 5.98. The fraction of sp³-hybridized carbons (Fsp3) is 0.333. The molecule has 132 valence electrons. The van der Waals surface area contributed by atoms with Crippen molar-refractivity contribution < 1.29 is 9.47 Å². The Balaban J connectivity index is 1.83. The Morgan fingerprint density at radius 1 is 1.08 bits per heavy atom. The van der Waals surface area contributed by atoms with Gasteiger partial charge in [0.05, 0.1) is 12.6 Å². The second-order valence-corrected chi connectivity index (χ2v) is 6.55. The van der Waals surface area contributed by atoms with E-state index < -0.39 is 0 Å². The Kier molecular flexibility index (Phi) is 5.74. The predicted molar refractivity (Wildman–Crippen MR) is 102 cm³/mol. The summed E-state index contributed by atoms with van der Waals surface area (Å²) in [6.45, 7) is 5.48. The van der Waals surface area contributed by atoms with Crippen molar-refractivity contribution in [2.45, 2.75) is 32.5 Å². The van der Waals surface area contributed by atoms with Crippen LogP contribution in [0.1, 0.15) is 31.0 Å². The molecule has 4 nitrogen and oxygen atoms in total. The molecule has 0 aliphatic carbocycles. The Morgan fingerprint density at radius 3 is 2.60 bits per heavy atom. The van der Waals surface area contributed by atoms with E-state index in [1.165, 1.54) is 10.9 Å². The highest BCUT2D eigenvalue weighted by Gasteiger charge is 2.17. The van der Waals surface area contributed by atoms with Crippen molar-refractivity contribution in [1.82, 2.24) is 10.3 Å². The topological polar surface area (TPSA) is 46.3 Å². The molecule has 2 aromatic carbocycles. The molecule has 0 radical (unpaired) electrons. The van der Waals surface area contributed by atoms with E-state index in [-0.39, 0.29) is 6.04 Å². The van der Waals surface area contributed by atoms with Crippen molar-refractivity contribution in [3.05, 3.63) is 65.9 Å². The van der Waals surface area contributed by atoms with Crippen molar-refractivity contribution in [1.29, 1.82) is 0 Å². The number of H-pyrrole nitrogens is 1. The average molecular weight is 338 g/mol. The summed E-state index contributed by atoms with van der Waals surface area (Å²) in [5.41, 5.74) is 3.47. The van der Waals surface area contributed by atoms with E-state index in [4.69, 9.17) is 9.47 Å². The molecule has 0 saturated heterocycles. The lowest BCUT2D eigenvalue weighted by Crippen LogP contribution is -2.30. The van der Waals surface area contributed by atoms with Crippen LogP contribution in [-0.2, 0) is 11.3 Å². The van der Waals surface area contributed by atoms with Gasteiger partial charge >= 0.3 is 0 Å². The first-order valence-corrected chi connectivity index (χ1v) is 8.70. The van der Waals surface area contributed by atoms with Gasteiger partial charge in [-0.25, -0.2) is 0 Å². The second-order valence-electron chi connectivity index (χ2n) is 6.55. The molecule has 4 heteroatoms. The van der Waals surface area contributed by atoms with Crippen molar-refractivity contribution in [2.75, 3.05) is 13.7 Å². The van der Waals surface area contributed by atoms with Crippen molar-refractivity contribution >= 4 is 10.9 Å². The molecule has 0 saturated carbocycles. The monoisotopic (exact) mass is 338 g/mol.